The second kappa shape index (κ2) is 9.40. The minimum Gasteiger partial charge on any atom is -0.354 e. The summed E-state index contributed by atoms with van der Waals surface area (Å²) < 4.78 is 1.31. The van der Waals surface area contributed by atoms with E-state index in [4.69, 9.17) is 0 Å². The summed E-state index contributed by atoms with van der Waals surface area (Å²) in [4.78, 5) is 53.7. The highest BCUT2D eigenvalue weighted by Gasteiger charge is 2.26. The number of nitrogens with one attached hydrogen (secondary N) is 3. The third-order valence-corrected chi connectivity index (χ3v) is 6.01. The van der Waals surface area contributed by atoms with Crippen LogP contribution in [0.2, 0.25) is 0 Å². The van der Waals surface area contributed by atoms with Crippen molar-refractivity contribution >= 4 is 28.4 Å². The van der Waals surface area contributed by atoms with Crippen molar-refractivity contribution in [3.8, 4) is 0 Å². The minimum absolute atomic E-state index is 0.0223. The number of aromatic amines is 1. The molecule has 0 atom stereocenters. The van der Waals surface area contributed by atoms with Crippen molar-refractivity contribution in [3.63, 3.8) is 0 Å². The summed E-state index contributed by atoms with van der Waals surface area (Å²) in [6, 6.07) is 6.78. The summed E-state index contributed by atoms with van der Waals surface area (Å²) >= 11 is 0. The van der Waals surface area contributed by atoms with Crippen LogP contribution >= 0.6 is 0 Å². The van der Waals surface area contributed by atoms with Gasteiger partial charge in [0.15, 0.2) is 11.5 Å². The van der Waals surface area contributed by atoms with Gasteiger partial charge in [0.25, 0.3) is 17.4 Å². The number of Topliss-reactive ketones (excluding diaryl/α,β-unsaturated/α-hetero) is 1. The van der Waals surface area contributed by atoms with Gasteiger partial charge in [-0.3, -0.25) is 30.0 Å². The largest absolute Gasteiger partial charge is 0.354 e. The van der Waals surface area contributed by atoms with E-state index in [9.17, 15) is 19.2 Å². The fraction of sp³-hybridized carbons (Fsp3) is 0.375. The molecule has 2 aromatic heterocycles. The Morgan fingerprint density at radius 2 is 1.79 bits per heavy atom. The van der Waals surface area contributed by atoms with Crippen LogP contribution < -0.4 is 16.4 Å². The van der Waals surface area contributed by atoms with Gasteiger partial charge in [0, 0.05) is 29.6 Å². The summed E-state index contributed by atoms with van der Waals surface area (Å²) in [5.74, 6) is -1.16. The number of H-pyrrole nitrogens is 1. The van der Waals surface area contributed by atoms with Crippen molar-refractivity contribution in [2.75, 3.05) is 0 Å². The number of hydrogen-bond acceptors (Lipinski definition) is 5. The molecule has 0 spiro atoms. The zero-order valence-electron chi connectivity index (χ0n) is 18.8. The Morgan fingerprint density at radius 3 is 2.52 bits per heavy atom. The molecule has 0 bridgehead atoms. The highest BCUT2D eigenvalue weighted by Crippen LogP contribution is 2.26. The van der Waals surface area contributed by atoms with Crippen LogP contribution in [0.5, 0.6) is 0 Å². The van der Waals surface area contributed by atoms with Gasteiger partial charge in [-0.05, 0) is 37.8 Å². The van der Waals surface area contributed by atoms with Gasteiger partial charge in [-0.1, -0.05) is 38.0 Å². The number of fused-ring (bicyclic) bond motifs is 2. The first-order valence-electron chi connectivity index (χ1n) is 11.3. The molecule has 172 valence electrons. The highest BCUT2D eigenvalue weighted by atomic mass is 16.2. The predicted molar refractivity (Wildman–Crippen MR) is 123 cm³/mol. The monoisotopic (exact) mass is 449 g/mol. The fourth-order valence-corrected chi connectivity index (χ4v) is 4.30. The van der Waals surface area contributed by atoms with Gasteiger partial charge in [-0.2, -0.15) is 5.10 Å². The van der Waals surface area contributed by atoms with Crippen LogP contribution in [-0.4, -0.2) is 32.4 Å². The lowest BCUT2D eigenvalue weighted by Gasteiger charge is -2.12. The summed E-state index contributed by atoms with van der Waals surface area (Å²) in [6.07, 6.45) is 4.63. The van der Waals surface area contributed by atoms with Crippen LogP contribution in [0.1, 0.15) is 81.6 Å². The zero-order valence-corrected chi connectivity index (χ0v) is 18.8. The molecule has 0 saturated heterocycles. The van der Waals surface area contributed by atoms with E-state index in [0.29, 0.717) is 41.3 Å². The van der Waals surface area contributed by atoms with Crippen LogP contribution in [0.3, 0.4) is 0 Å². The average molecular weight is 450 g/mol. The van der Waals surface area contributed by atoms with Crippen molar-refractivity contribution in [1.29, 1.82) is 0 Å². The number of amides is 2. The molecular weight excluding hydrogens is 422 g/mol. The maximum atomic E-state index is 13.0. The van der Waals surface area contributed by atoms with Crippen LogP contribution in [0, 0.1) is 6.92 Å². The minimum atomic E-state index is -0.631. The molecule has 0 unspecified atom stereocenters. The van der Waals surface area contributed by atoms with Crippen molar-refractivity contribution in [2.24, 2.45) is 0 Å². The standard InChI is InChI=1S/C24H27N5O4/c1-3-4-7-13-29-24(33)16-10-6-5-9-15(16)21(28-29)23(32)27-26-22(31)20-14(2)19-17(25-20)11-8-12-18(19)30/h5-6,9-10,25H,3-4,7-8,11-13H2,1-2H3,(H,26,31)(H,27,32). The van der Waals surface area contributed by atoms with Gasteiger partial charge < -0.3 is 4.98 Å². The second-order valence-electron chi connectivity index (χ2n) is 8.29. The number of ketones is 1. The lowest BCUT2D eigenvalue weighted by molar-refractivity contribution is 0.0840. The van der Waals surface area contributed by atoms with E-state index in [1.807, 2.05) is 0 Å². The quantitative estimate of drug-likeness (QED) is 0.394. The predicted octanol–water partition coefficient (Wildman–Crippen LogP) is 2.82. The molecule has 4 rings (SSSR count). The van der Waals surface area contributed by atoms with Crippen molar-refractivity contribution in [2.45, 2.75) is 58.9 Å². The fourth-order valence-electron chi connectivity index (χ4n) is 4.30. The first-order valence-corrected chi connectivity index (χ1v) is 11.3. The van der Waals surface area contributed by atoms with Gasteiger partial charge in [0.1, 0.15) is 5.69 Å². The molecule has 9 heteroatoms. The van der Waals surface area contributed by atoms with Gasteiger partial charge in [0.2, 0.25) is 0 Å². The van der Waals surface area contributed by atoms with E-state index >= 15 is 0 Å². The number of benzene rings is 1. The van der Waals surface area contributed by atoms with E-state index in [1.54, 1.807) is 31.2 Å². The molecule has 1 aliphatic carbocycles. The molecule has 2 amide bonds. The molecule has 9 nitrogen and oxygen atoms in total. The molecule has 0 saturated carbocycles. The van der Waals surface area contributed by atoms with Crippen LogP contribution in [-0.2, 0) is 13.0 Å². The molecule has 33 heavy (non-hydrogen) atoms. The molecule has 0 radical (unpaired) electrons. The third-order valence-electron chi connectivity index (χ3n) is 6.01. The Labute approximate surface area is 190 Å². The molecule has 3 aromatic rings. The van der Waals surface area contributed by atoms with E-state index in [2.05, 4.69) is 27.9 Å². The SMILES string of the molecule is CCCCCn1nc(C(=O)NNC(=O)c2[nH]c3c(c2C)C(=O)CCC3)c2ccccc2c1=O. The van der Waals surface area contributed by atoms with Gasteiger partial charge in [-0.25, -0.2) is 4.68 Å². The Morgan fingerprint density at radius 1 is 1.06 bits per heavy atom. The smallest absolute Gasteiger partial charge is 0.290 e. The van der Waals surface area contributed by atoms with Gasteiger partial charge in [0.05, 0.1) is 5.39 Å². The first kappa shape index (κ1) is 22.4. The summed E-state index contributed by atoms with van der Waals surface area (Å²) in [5.41, 5.74) is 6.77. The number of nitrogens with zero attached hydrogens (tertiary/aromatic N) is 2. The molecule has 1 aliphatic rings. The van der Waals surface area contributed by atoms with Gasteiger partial charge in [-0.15, -0.1) is 0 Å². The Bertz CT molecular complexity index is 1300. The maximum absolute atomic E-state index is 13.0. The van der Waals surface area contributed by atoms with E-state index in [1.165, 1.54) is 4.68 Å². The van der Waals surface area contributed by atoms with Crippen molar-refractivity contribution in [1.82, 2.24) is 25.6 Å². The van der Waals surface area contributed by atoms with E-state index in [-0.39, 0.29) is 22.7 Å². The number of hydrazine groups is 1. The van der Waals surface area contributed by atoms with Gasteiger partial charge >= 0.3 is 0 Å². The summed E-state index contributed by atoms with van der Waals surface area (Å²) in [6.45, 7) is 4.19. The molecule has 1 aromatic carbocycles. The lowest BCUT2D eigenvalue weighted by atomic mass is 9.94. The summed E-state index contributed by atoms with van der Waals surface area (Å²) in [5, 5.41) is 5.10. The zero-order chi connectivity index (χ0) is 23.5. The van der Waals surface area contributed by atoms with Crippen LogP contribution in [0.4, 0.5) is 0 Å². The highest BCUT2D eigenvalue weighted by molar-refractivity contribution is 6.07. The molecular formula is C24H27N5O4. The number of hydrogen-bond donors (Lipinski definition) is 3. The first-order chi connectivity index (χ1) is 15.9. The maximum Gasteiger partial charge on any atom is 0.290 e. The number of aryl methyl sites for hydroxylation is 2. The summed E-state index contributed by atoms with van der Waals surface area (Å²) in [7, 11) is 0. The lowest BCUT2D eigenvalue weighted by Crippen LogP contribution is -2.43. The topological polar surface area (TPSA) is 126 Å². The molecule has 0 aliphatic heterocycles. The Hall–Kier alpha value is -3.75. The average Bonchev–Trinajstić information content (AvgIpc) is 3.16. The van der Waals surface area contributed by atoms with Crippen LogP contribution in [0.25, 0.3) is 10.8 Å². The second-order valence-corrected chi connectivity index (χ2v) is 8.29. The number of unbranched alkanes of at least 4 members (excludes halogenated alkanes) is 2. The number of carbonyl (C=O) groups is 3. The molecule has 3 N–H and O–H groups in total. The number of rotatable bonds is 6. The van der Waals surface area contributed by atoms with E-state index in [0.717, 1.165) is 31.4 Å². The molecule has 2 heterocycles. The Kier molecular flexibility index (Phi) is 6.39. The third kappa shape index (κ3) is 4.30. The molecule has 0 fully saturated rings. The van der Waals surface area contributed by atoms with E-state index < -0.39 is 11.8 Å². The van der Waals surface area contributed by atoms with Crippen LogP contribution in [0.15, 0.2) is 29.1 Å². The Balaban J connectivity index is 1.57. The van der Waals surface area contributed by atoms with Crippen molar-refractivity contribution < 1.29 is 14.4 Å². The number of carbonyl (C=O) groups excluding carboxylic acids is 3. The number of aromatic nitrogens is 3. The normalized spacial score (nSPS) is 13.1. The van der Waals surface area contributed by atoms with Crippen molar-refractivity contribution in [3.05, 3.63) is 62.8 Å².